The Balaban J connectivity index is 1.61. The van der Waals surface area contributed by atoms with Crippen LogP contribution in [0.5, 0.6) is 0 Å². The van der Waals surface area contributed by atoms with Gasteiger partial charge in [-0.1, -0.05) is 35.1 Å². The molecule has 1 aromatic heterocycles. The highest BCUT2D eigenvalue weighted by molar-refractivity contribution is 7.15. The molecule has 20 heavy (non-hydrogen) atoms. The zero-order valence-corrected chi connectivity index (χ0v) is 12.1. The van der Waals surface area contributed by atoms with Gasteiger partial charge in [-0.05, 0) is 36.6 Å². The van der Waals surface area contributed by atoms with E-state index in [1.165, 1.54) is 30.3 Å². The van der Waals surface area contributed by atoms with Crippen LogP contribution in [0.2, 0.25) is 5.02 Å². The summed E-state index contributed by atoms with van der Waals surface area (Å²) in [4.78, 5) is 11.8. The Bertz CT molecular complexity index is 664. The zero-order chi connectivity index (χ0) is 13.9. The van der Waals surface area contributed by atoms with E-state index in [-0.39, 0.29) is 5.91 Å². The Hall–Kier alpha value is -1.72. The molecule has 1 heterocycles. The minimum atomic E-state index is -0.219. The number of halogens is 1. The summed E-state index contributed by atoms with van der Waals surface area (Å²) in [5.41, 5.74) is 0.878. The highest BCUT2D eigenvalue weighted by Gasteiger charge is 2.27. The summed E-state index contributed by atoms with van der Waals surface area (Å²) in [6.07, 6.45) is 5.53. The van der Waals surface area contributed by atoms with E-state index < -0.39 is 0 Å². The summed E-state index contributed by atoms with van der Waals surface area (Å²) in [7, 11) is 0. The lowest BCUT2D eigenvalue weighted by Gasteiger charge is -1.96. The van der Waals surface area contributed by atoms with E-state index in [0.29, 0.717) is 16.1 Å². The predicted molar refractivity (Wildman–Crippen MR) is 81.0 cm³/mol. The summed E-state index contributed by atoms with van der Waals surface area (Å²) in [5.74, 6) is 0.337. The molecular formula is C14H12ClN3OS. The first-order valence-corrected chi connectivity index (χ1v) is 7.48. The molecule has 3 rings (SSSR count). The zero-order valence-electron chi connectivity index (χ0n) is 10.5. The van der Waals surface area contributed by atoms with E-state index in [2.05, 4.69) is 15.5 Å². The van der Waals surface area contributed by atoms with E-state index in [1.807, 2.05) is 12.1 Å². The molecule has 1 amide bonds. The second kappa shape index (κ2) is 5.73. The average molecular weight is 306 g/mol. The Morgan fingerprint density at radius 3 is 3.00 bits per heavy atom. The fraction of sp³-hybridized carbons (Fsp3) is 0.214. The molecule has 1 N–H and O–H groups in total. The van der Waals surface area contributed by atoms with Crippen LogP contribution < -0.4 is 5.32 Å². The maximum atomic E-state index is 11.8. The third-order valence-electron chi connectivity index (χ3n) is 2.87. The third kappa shape index (κ3) is 3.43. The first-order chi connectivity index (χ1) is 9.70. The average Bonchev–Trinajstić information content (AvgIpc) is 3.18. The summed E-state index contributed by atoms with van der Waals surface area (Å²) >= 11 is 7.32. The van der Waals surface area contributed by atoms with Crippen LogP contribution in [-0.4, -0.2) is 16.1 Å². The van der Waals surface area contributed by atoms with Crippen LogP contribution in [-0.2, 0) is 4.79 Å². The van der Waals surface area contributed by atoms with Crippen molar-refractivity contribution in [2.24, 2.45) is 0 Å². The van der Waals surface area contributed by atoms with Crippen molar-refractivity contribution in [2.45, 2.75) is 18.8 Å². The van der Waals surface area contributed by atoms with Crippen LogP contribution in [0.4, 0.5) is 5.13 Å². The normalized spacial score (nSPS) is 14.7. The second-order valence-electron chi connectivity index (χ2n) is 4.60. The number of carbonyl (C=O) groups is 1. The van der Waals surface area contributed by atoms with Gasteiger partial charge >= 0.3 is 0 Å². The molecule has 0 spiro atoms. The molecule has 0 aliphatic heterocycles. The van der Waals surface area contributed by atoms with Gasteiger partial charge in [0, 0.05) is 17.0 Å². The lowest BCUT2D eigenvalue weighted by atomic mass is 10.2. The highest BCUT2D eigenvalue weighted by Crippen LogP contribution is 2.41. The molecule has 0 radical (unpaired) electrons. The van der Waals surface area contributed by atoms with Gasteiger partial charge in [0.15, 0.2) is 0 Å². The van der Waals surface area contributed by atoms with E-state index in [0.717, 1.165) is 10.6 Å². The van der Waals surface area contributed by atoms with Crippen LogP contribution in [0.25, 0.3) is 6.08 Å². The Morgan fingerprint density at radius 2 is 2.25 bits per heavy atom. The molecule has 6 heteroatoms. The number of hydrogen-bond acceptors (Lipinski definition) is 4. The third-order valence-corrected chi connectivity index (χ3v) is 4.11. The van der Waals surface area contributed by atoms with Crippen LogP contribution in [0.3, 0.4) is 0 Å². The minimum absolute atomic E-state index is 0.219. The molecule has 0 saturated heterocycles. The smallest absolute Gasteiger partial charge is 0.250 e. The van der Waals surface area contributed by atoms with Crippen molar-refractivity contribution in [3.63, 3.8) is 0 Å². The molecule has 102 valence electrons. The number of aromatic nitrogens is 2. The van der Waals surface area contributed by atoms with Crippen molar-refractivity contribution in [3.05, 3.63) is 45.9 Å². The number of carbonyl (C=O) groups excluding carboxylic acids is 1. The van der Waals surface area contributed by atoms with Gasteiger partial charge in [-0.3, -0.25) is 10.1 Å². The van der Waals surface area contributed by atoms with Crippen LogP contribution in [0.1, 0.15) is 29.3 Å². The molecule has 1 aromatic carbocycles. The fourth-order valence-corrected chi connectivity index (χ4v) is 2.82. The van der Waals surface area contributed by atoms with E-state index in [9.17, 15) is 4.79 Å². The molecule has 1 aliphatic carbocycles. The maximum Gasteiger partial charge on any atom is 0.250 e. The SMILES string of the molecule is O=C(/C=C/c1cccc(Cl)c1)Nc1nnc(C2CC2)s1. The Morgan fingerprint density at radius 1 is 1.40 bits per heavy atom. The highest BCUT2D eigenvalue weighted by atomic mass is 35.5. The number of rotatable bonds is 4. The molecule has 0 atom stereocenters. The summed E-state index contributed by atoms with van der Waals surface area (Å²) in [6, 6.07) is 7.31. The van der Waals surface area contributed by atoms with Gasteiger partial charge in [0.05, 0.1) is 0 Å². The van der Waals surface area contributed by atoms with E-state index >= 15 is 0 Å². The molecule has 2 aromatic rings. The van der Waals surface area contributed by atoms with Crippen molar-refractivity contribution >= 4 is 40.1 Å². The molecule has 4 nitrogen and oxygen atoms in total. The standard InChI is InChI=1S/C14H12ClN3OS/c15-11-3-1-2-9(8-11)4-7-12(19)16-14-18-17-13(20-14)10-5-6-10/h1-4,7-8,10H,5-6H2,(H,16,18,19)/b7-4+. The molecule has 0 bridgehead atoms. The predicted octanol–water partition coefficient (Wildman–Crippen LogP) is 3.72. The minimum Gasteiger partial charge on any atom is -0.297 e. The maximum absolute atomic E-state index is 11.8. The summed E-state index contributed by atoms with van der Waals surface area (Å²) in [6.45, 7) is 0. The largest absolute Gasteiger partial charge is 0.297 e. The van der Waals surface area contributed by atoms with Gasteiger partial charge in [0.2, 0.25) is 11.0 Å². The van der Waals surface area contributed by atoms with Crippen molar-refractivity contribution in [3.8, 4) is 0 Å². The number of nitrogens with zero attached hydrogens (tertiary/aromatic N) is 2. The second-order valence-corrected chi connectivity index (χ2v) is 6.04. The van der Waals surface area contributed by atoms with Crippen molar-refractivity contribution in [1.82, 2.24) is 10.2 Å². The van der Waals surface area contributed by atoms with Gasteiger partial charge < -0.3 is 0 Å². The van der Waals surface area contributed by atoms with Gasteiger partial charge in [-0.25, -0.2) is 0 Å². The van der Waals surface area contributed by atoms with Crippen molar-refractivity contribution in [2.75, 3.05) is 5.32 Å². The van der Waals surface area contributed by atoms with Crippen LogP contribution in [0, 0.1) is 0 Å². The van der Waals surface area contributed by atoms with Gasteiger partial charge in [-0.2, -0.15) is 0 Å². The molecular weight excluding hydrogens is 294 g/mol. The molecule has 1 aliphatic rings. The van der Waals surface area contributed by atoms with Crippen molar-refractivity contribution < 1.29 is 4.79 Å². The van der Waals surface area contributed by atoms with Crippen molar-refractivity contribution in [1.29, 1.82) is 0 Å². The number of amides is 1. The van der Waals surface area contributed by atoms with Crippen LogP contribution >= 0.6 is 22.9 Å². The number of hydrogen-bond donors (Lipinski definition) is 1. The number of benzene rings is 1. The van der Waals surface area contributed by atoms with Crippen LogP contribution in [0.15, 0.2) is 30.3 Å². The number of anilines is 1. The number of nitrogens with one attached hydrogen (secondary N) is 1. The summed E-state index contributed by atoms with van der Waals surface area (Å²) in [5, 5.41) is 13.0. The van der Waals surface area contributed by atoms with Gasteiger partial charge in [0.25, 0.3) is 0 Å². The molecule has 1 fully saturated rings. The van der Waals surface area contributed by atoms with Gasteiger partial charge in [0.1, 0.15) is 5.01 Å². The van der Waals surface area contributed by atoms with Gasteiger partial charge in [-0.15, -0.1) is 10.2 Å². The summed E-state index contributed by atoms with van der Waals surface area (Å²) < 4.78 is 0. The topological polar surface area (TPSA) is 54.9 Å². The quantitative estimate of drug-likeness (QED) is 0.876. The molecule has 0 unspecified atom stereocenters. The lowest BCUT2D eigenvalue weighted by Crippen LogP contribution is -2.07. The lowest BCUT2D eigenvalue weighted by molar-refractivity contribution is -0.111. The Labute approximate surface area is 125 Å². The fourth-order valence-electron chi connectivity index (χ4n) is 1.71. The molecule has 1 saturated carbocycles. The first-order valence-electron chi connectivity index (χ1n) is 6.29. The van der Waals surface area contributed by atoms with E-state index in [4.69, 9.17) is 11.6 Å². The Kier molecular flexibility index (Phi) is 3.80. The first kappa shape index (κ1) is 13.3. The monoisotopic (exact) mass is 305 g/mol. The van der Waals surface area contributed by atoms with E-state index in [1.54, 1.807) is 18.2 Å².